The van der Waals surface area contributed by atoms with Crippen LogP contribution in [0.5, 0.6) is 0 Å². The van der Waals surface area contributed by atoms with Crippen molar-refractivity contribution in [3.63, 3.8) is 0 Å². The van der Waals surface area contributed by atoms with Gasteiger partial charge in [-0.05, 0) is 51.4 Å². The summed E-state index contributed by atoms with van der Waals surface area (Å²) in [6.07, 6.45) is 5.29. The zero-order valence-electron chi connectivity index (χ0n) is 12.7. The first-order valence-corrected chi connectivity index (χ1v) is 8.32. The van der Waals surface area contributed by atoms with Gasteiger partial charge in [0.25, 0.3) is 0 Å². The molecule has 2 aliphatic heterocycles. The lowest BCUT2D eigenvalue weighted by Gasteiger charge is -2.32. The zero-order chi connectivity index (χ0) is 14.8. The Morgan fingerprint density at radius 3 is 2.71 bits per heavy atom. The SMILES string of the molecule is Cc1ccc(C(N)=S)c(N2CCC(N3CCCCC3)C2)n1. The summed E-state index contributed by atoms with van der Waals surface area (Å²) in [6, 6.07) is 4.65. The lowest BCUT2D eigenvalue weighted by Crippen LogP contribution is -2.41. The molecule has 3 heterocycles. The molecular weight excluding hydrogens is 280 g/mol. The molecule has 2 saturated heterocycles. The van der Waals surface area contributed by atoms with Gasteiger partial charge >= 0.3 is 0 Å². The smallest absolute Gasteiger partial charge is 0.139 e. The van der Waals surface area contributed by atoms with Crippen LogP contribution in [0.4, 0.5) is 5.82 Å². The Morgan fingerprint density at radius 1 is 1.24 bits per heavy atom. The van der Waals surface area contributed by atoms with Crippen molar-refractivity contribution < 1.29 is 0 Å². The first kappa shape index (κ1) is 14.7. The van der Waals surface area contributed by atoms with E-state index in [0.717, 1.165) is 30.2 Å². The van der Waals surface area contributed by atoms with E-state index in [1.54, 1.807) is 0 Å². The Morgan fingerprint density at radius 2 is 2.00 bits per heavy atom. The molecule has 4 nitrogen and oxygen atoms in total. The molecule has 0 bridgehead atoms. The number of aryl methyl sites for hydroxylation is 1. The number of nitrogens with zero attached hydrogens (tertiary/aromatic N) is 3. The molecular formula is C16H24N4S. The molecule has 1 atom stereocenters. The van der Waals surface area contributed by atoms with E-state index in [4.69, 9.17) is 22.9 Å². The molecule has 5 heteroatoms. The van der Waals surface area contributed by atoms with Crippen LogP contribution in [0, 0.1) is 6.92 Å². The maximum atomic E-state index is 5.86. The summed E-state index contributed by atoms with van der Waals surface area (Å²) in [4.78, 5) is 10.2. The van der Waals surface area contributed by atoms with Gasteiger partial charge in [0, 0.05) is 24.8 Å². The van der Waals surface area contributed by atoms with E-state index >= 15 is 0 Å². The van der Waals surface area contributed by atoms with Crippen molar-refractivity contribution in [2.45, 2.75) is 38.6 Å². The van der Waals surface area contributed by atoms with Crippen molar-refractivity contribution in [1.29, 1.82) is 0 Å². The minimum Gasteiger partial charge on any atom is -0.389 e. The van der Waals surface area contributed by atoms with Gasteiger partial charge in [0.2, 0.25) is 0 Å². The Bertz CT molecular complexity index is 525. The van der Waals surface area contributed by atoms with E-state index in [0.29, 0.717) is 11.0 Å². The fourth-order valence-corrected chi connectivity index (χ4v) is 3.65. The first-order chi connectivity index (χ1) is 10.1. The third-order valence-corrected chi connectivity index (χ3v) is 4.87. The third-order valence-electron chi connectivity index (χ3n) is 4.65. The average molecular weight is 304 g/mol. The Hall–Kier alpha value is -1.20. The second-order valence-corrected chi connectivity index (χ2v) is 6.61. The zero-order valence-corrected chi connectivity index (χ0v) is 13.5. The second-order valence-electron chi connectivity index (χ2n) is 6.17. The number of likely N-dealkylation sites (tertiary alicyclic amines) is 1. The predicted molar refractivity (Wildman–Crippen MR) is 90.9 cm³/mol. The van der Waals surface area contributed by atoms with Crippen LogP contribution in [0.15, 0.2) is 12.1 Å². The maximum Gasteiger partial charge on any atom is 0.139 e. The van der Waals surface area contributed by atoms with Crippen LogP contribution >= 0.6 is 12.2 Å². The van der Waals surface area contributed by atoms with Crippen molar-refractivity contribution >= 4 is 23.0 Å². The summed E-state index contributed by atoms with van der Waals surface area (Å²) in [7, 11) is 0. The van der Waals surface area contributed by atoms with Crippen LogP contribution in [-0.4, -0.2) is 47.1 Å². The lowest BCUT2D eigenvalue weighted by atomic mass is 10.1. The third kappa shape index (κ3) is 3.19. The van der Waals surface area contributed by atoms with Crippen LogP contribution in [0.25, 0.3) is 0 Å². The molecule has 21 heavy (non-hydrogen) atoms. The molecule has 0 radical (unpaired) electrons. The highest BCUT2D eigenvalue weighted by Crippen LogP contribution is 2.26. The normalized spacial score (nSPS) is 23.5. The number of hydrogen-bond donors (Lipinski definition) is 1. The van der Waals surface area contributed by atoms with Gasteiger partial charge < -0.3 is 10.6 Å². The molecule has 2 N–H and O–H groups in total. The molecule has 1 aromatic rings. The van der Waals surface area contributed by atoms with Crippen molar-refractivity contribution in [2.75, 3.05) is 31.1 Å². The summed E-state index contributed by atoms with van der Waals surface area (Å²) in [5.74, 6) is 0.974. The summed E-state index contributed by atoms with van der Waals surface area (Å²) in [6.45, 7) is 6.62. The van der Waals surface area contributed by atoms with Crippen molar-refractivity contribution in [1.82, 2.24) is 9.88 Å². The van der Waals surface area contributed by atoms with E-state index in [1.165, 1.54) is 38.8 Å². The standard InChI is InChI=1S/C16H24N4S/c1-12-5-6-14(15(17)21)16(18-12)20-10-7-13(11-20)19-8-3-2-4-9-19/h5-6,13H,2-4,7-11H2,1H3,(H2,17,21). The Kier molecular flexibility index (Phi) is 4.40. The van der Waals surface area contributed by atoms with Gasteiger partial charge in [0.15, 0.2) is 0 Å². The van der Waals surface area contributed by atoms with Crippen LogP contribution in [0.2, 0.25) is 0 Å². The topological polar surface area (TPSA) is 45.4 Å². The molecule has 0 spiro atoms. The summed E-state index contributed by atoms with van der Waals surface area (Å²) in [5.41, 5.74) is 7.80. The van der Waals surface area contributed by atoms with E-state index in [-0.39, 0.29) is 0 Å². The van der Waals surface area contributed by atoms with Gasteiger partial charge in [0.1, 0.15) is 10.8 Å². The molecule has 0 amide bonds. The second kappa shape index (κ2) is 6.28. The number of rotatable bonds is 3. The molecule has 114 valence electrons. The summed E-state index contributed by atoms with van der Waals surface area (Å²) in [5, 5.41) is 0. The Labute approximate surface area is 132 Å². The molecule has 3 rings (SSSR count). The molecule has 0 saturated carbocycles. The van der Waals surface area contributed by atoms with Gasteiger partial charge in [0.05, 0.1) is 5.56 Å². The van der Waals surface area contributed by atoms with Crippen LogP contribution < -0.4 is 10.6 Å². The van der Waals surface area contributed by atoms with Gasteiger partial charge in [-0.15, -0.1) is 0 Å². The molecule has 1 aromatic heterocycles. The van der Waals surface area contributed by atoms with Crippen molar-refractivity contribution in [2.24, 2.45) is 5.73 Å². The summed E-state index contributed by atoms with van der Waals surface area (Å²) >= 11 is 5.18. The highest BCUT2D eigenvalue weighted by molar-refractivity contribution is 7.80. The number of nitrogens with two attached hydrogens (primary N) is 1. The number of pyridine rings is 1. The number of thiocarbonyl (C=S) groups is 1. The first-order valence-electron chi connectivity index (χ1n) is 7.91. The van der Waals surface area contributed by atoms with Crippen molar-refractivity contribution in [3.05, 3.63) is 23.4 Å². The number of hydrogen-bond acceptors (Lipinski definition) is 4. The Balaban J connectivity index is 1.76. The molecule has 1 unspecified atom stereocenters. The molecule has 2 fully saturated rings. The predicted octanol–water partition coefficient (Wildman–Crippen LogP) is 2.09. The maximum absolute atomic E-state index is 5.86. The fourth-order valence-electron chi connectivity index (χ4n) is 3.49. The minimum atomic E-state index is 0.443. The number of aromatic nitrogens is 1. The fraction of sp³-hybridized carbons (Fsp3) is 0.625. The quantitative estimate of drug-likeness (QED) is 0.866. The van der Waals surface area contributed by atoms with Gasteiger partial charge in [-0.3, -0.25) is 4.90 Å². The molecule has 0 aromatic carbocycles. The van der Waals surface area contributed by atoms with Crippen LogP contribution in [0.1, 0.15) is 36.9 Å². The highest BCUT2D eigenvalue weighted by Gasteiger charge is 2.30. The molecule has 0 aliphatic carbocycles. The van der Waals surface area contributed by atoms with Crippen LogP contribution in [0.3, 0.4) is 0 Å². The van der Waals surface area contributed by atoms with Gasteiger partial charge in [-0.1, -0.05) is 18.6 Å². The summed E-state index contributed by atoms with van der Waals surface area (Å²) < 4.78 is 0. The van der Waals surface area contributed by atoms with E-state index in [9.17, 15) is 0 Å². The van der Waals surface area contributed by atoms with E-state index in [1.807, 2.05) is 19.1 Å². The van der Waals surface area contributed by atoms with Crippen LogP contribution in [-0.2, 0) is 0 Å². The van der Waals surface area contributed by atoms with Gasteiger partial charge in [-0.25, -0.2) is 4.98 Å². The van der Waals surface area contributed by atoms with E-state index < -0.39 is 0 Å². The lowest BCUT2D eigenvalue weighted by molar-refractivity contribution is 0.175. The van der Waals surface area contributed by atoms with E-state index in [2.05, 4.69) is 9.80 Å². The highest BCUT2D eigenvalue weighted by atomic mass is 32.1. The monoisotopic (exact) mass is 304 g/mol. The largest absolute Gasteiger partial charge is 0.389 e. The minimum absolute atomic E-state index is 0.443. The van der Waals surface area contributed by atoms with Crippen molar-refractivity contribution in [3.8, 4) is 0 Å². The average Bonchev–Trinajstić information content (AvgIpc) is 2.97. The van der Waals surface area contributed by atoms with Gasteiger partial charge in [-0.2, -0.15) is 0 Å². The molecule has 2 aliphatic rings. The number of anilines is 1. The number of piperidine rings is 1.